The van der Waals surface area contributed by atoms with Crippen LogP contribution in [0.2, 0.25) is 0 Å². The van der Waals surface area contributed by atoms with Crippen LogP contribution >= 0.6 is 0 Å². The lowest BCUT2D eigenvalue weighted by Crippen LogP contribution is -2.57. The number of ketones is 2. The minimum absolute atomic E-state index is 0.0631. The maximum Gasteiger partial charge on any atom is 0.392 e. The fraction of sp³-hybridized carbons (Fsp3) is 0.727. The van der Waals surface area contributed by atoms with Crippen LogP contribution in [-0.4, -0.2) is 40.2 Å². The molecule has 0 aromatic rings. The Labute approximate surface area is 167 Å². The van der Waals surface area contributed by atoms with Crippen molar-refractivity contribution < 1.29 is 33.0 Å². The van der Waals surface area contributed by atoms with Crippen molar-refractivity contribution in [2.75, 3.05) is 6.61 Å². The second-order valence-corrected chi connectivity index (χ2v) is 9.71. The number of hydrogen-bond donors (Lipinski definition) is 2. The molecule has 7 heteroatoms. The van der Waals surface area contributed by atoms with Gasteiger partial charge in [-0.05, 0) is 50.0 Å². The van der Waals surface area contributed by atoms with Gasteiger partial charge in [-0.3, -0.25) is 9.59 Å². The molecular weight excluding hydrogens is 385 g/mol. The molecule has 4 nitrogen and oxygen atoms in total. The predicted octanol–water partition coefficient (Wildman–Crippen LogP) is 3.52. The molecule has 4 aliphatic carbocycles. The Bertz CT molecular complexity index is 828. The Balaban J connectivity index is 1.87. The van der Waals surface area contributed by atoms with Gasteiger partial charge in [-0.2, -0.15) is 13.2 Å². The summed E-state index contributed by atoms with van der Waals surface area (Å²) in [6.07, 6.45) is 0.00171. The van der Waals surface area contributed by atoms with Crippen LogP contribution in [0.25, 0.3) is 0 Å². The Morgan fingerprint density at radius 2 is 1.97 bits per heavy atom. The van der Waals surface area contributed by atoms with Crippen molar-refractivity contribution in [1.29, 1.82) is 0 Å². The van der Waals surface area contributed by atoms with Gasteiger partial charge in [0.25, 0.3) is 0 Å². The van der Waals surface area contributed by atoms with Crippen LogP contribution in [0.4, 0.5) is 13.2 Å². The number of rotatable bonds is 2. The van der Waals surface area contributed by atoms with E-state index in [0.717, 1.165) is 0 Å². The molecular formula is C22H27F3O4. The van der Waals surface area contributed by atoms with E-state index >= 15 is 0 Å². The van der Waals surface area contributed by atoms with E-state index in [1.54, 1.807) is 13.0 Å². The third-order valence-electron chi connectivity index (χ3n) is 8.57. The molecule has 0 aliphatic heterocycles. The highest BCUT2D eigenvalue weighted by molar-refractivity contribution is 5.92. The molecule has 2 fully saturated rings. The summed E-state index contributed by atoms with van der Waals surface area (Å²) in [5, 5.41) is 20.5. The number of aliphatic hydroxyl groups excluding tert-OH is 1. The zero-order valence-electron chi connectivity index (χ0n) is 16.7. The van der Waals surface area contributed by atoms with E-state index in [4.69, 9.17) is 0 Å². The zero-order valence-corrected chi connectivity index (χ0v) is 16.7. The van der Waals surface area contributed by atoms with E-state index in [2.05, 4.69) is 0 Å². The van der Waals surface area contributed by atoms with Crippen LogP contribution in [0.1, 0.15) is 52.4 Å². The standard InChI is InChI=1S/C22H27F3O4/c1-19-6-3-13(27)9-12(19)10-16(22(23,24)25)18-14(19)4-7-20(2)15(18)5-8-21(20,29)17(28)11-26/h4,9,15-16,18,26,29H,3,5-8,10-11H2,1-2H3/t15?,16?,18?,19-,20-,21-/m0/s1. The number of Topliss-reactive ketones (excluding diaryl/α,β-unsaturated/α-hetero) is 1. The van der Waals surface area contributed by atoms with Crippen LogP contribution in [0.5, 0.6) is 0 Å². The first kappa shape index (κ1) is 20.8. The molecule has 0 spiro atoms. The first-order chi connectivity index (χ1) is 13.4. The third-order valence-corrected chi connectivity index (χ3v) is 8.57. The van der Waals surface area contributed by atoms with Crippen LogP contribution in [0.3, 0.4) is 0 Å². The second-order valence-electron chi connectivity index (χ2n) is 9.71. The number of allylic oxidation sites excluding steroid dienone is 4. The molecule has 0 radical (unpaired) electrons. The summed E-state index contributed by atoms with van der Waals surface area (Å²) >= 11 is 0. The van der Waals surface area contributed by atoms with E-state index in [1.165, 1.54) is 6.08 Å². The molecule has 4 aliphatic rings. The average molecular weight is 412 g/mol. The smallest absolute Gasteiger partial charge is 0.388 e. The van der Waals surface area contributed by atoms with Gasteiger partial charge in [-0.25, -0.2) is 0 Å². The molecule has 2 N–H and O–H groups in total. The molecule has 0 amide bonds. The molecule has 29 heavy (non-hydrogen) atoms. The van der Waals surface area contributed by atoms with Gasteiger partial charge < -0.3 is 10.2 Å². The van der Waals surface area contributed by atoms with Crippen LogP contribution < -0.4 is 0 Å². The maximum absolute atomic E-state index is 14.2. The molecule has 2 saturated carbocycles. The molecule has 0 saturated heterocycles. The summed E-state index contributed by atoms with van der Waals surface area (Å²) in [7, 11) is 0. The zero-order chi connectivity index (χ0) is 21.4. The minimum atomic E-state index is -4.45. The summed E-state index contributed by atoms with van der Waals surface area (Å²) < 4.78 is 42.5. The van der Waals surface area contributed by atoms with Gasteiger partial charge in [-0.1, -0.05) is 31.1 Å². The highest BCUT2D eigenvalue weighted by Gasteiger charge is 2.67. The van der Waals surface area contributed by atoms with Crippen molar-refractivity contribution >= 4 is 11.6 Å². The SMILES string of the molecule is C[C@]12CCC(=O)C=C1CC(C(F)(F)F)C1C2=CC[C@@]2(C)C1CC[C@]2(O)C(=O)CO. The Morgan fingerprint density at radius 1 is 1.28 bits per heavy atom. The van der Waals surface area contributed by atoms with Crippen LogP contribution in [0.15, 0.2) is 23.3 Å². The van der Waals surface area contributed by atoms with Crippen LogP contribution in [-0.2, 0) is 9.59 Å². The van der Waals surface area contributed by atoms with Gasteiger partial charge in [0.15, 0.2) is 11.6 Å². The fourth-order valence-corrected chi connectivity index (χ4v) is 6.78. The average Bonchev–Trinajstić information content (AvgIpc) is 2.92. The molecule has 3 unspecified atom stereocenters. The Morgan fingerprint density at radius 3 is 2.59 bits per heavy atom. The number of fused-ring (bicyclic) bond motifs is 5. The van der Waals surface area contributed by atoms with Gasteiger partial charge in [0.2, 0.25) is 0 Å². The summed E-state index contributed by atoms with van der Waals surface area (Å²) in [5.41, 5.74) is -2.17. The highest BCUT2D eigenvalue weighted by Crippen LogP contribution is 2.68. The normalized spacial score (nSPS) is 44.4. The lowest BCUT2D eigenvalue weighted by atomic mass is 9.48. The number of alkyl halides is 3. The van der Waals surface area contributed by atoms with Gasteiger partial charge in [0, 0.05) is 17.3 Å². The van der Waals surface area contributed by atoms with Gasteiger partial charge in [-0.15, -0.1) is 0 Å². The lowest BCUT2D eigenvalue weighted by molar-refractivity contribution is -0.204. The Hall–Kier alpha value is -1.47. The monoisotopic (exact) mass is 412 g/mol. The van der Waals surface area contributed by atoms with Crippen molar-refractivity contribution in [2.24, 2.45) is 28.6 Å². The van der Waals surface area contributed by atoms with Gasteiger partial charge in [0.1, 0.15) is 12.2 Å². The van der Waals surface area contributed by atoms with Crippen molar-refractivity contribution in [3.8, 4) is 0 Å². The summed E-state index contributed by atoms with van der Waals surface area (Å²) in [4.78, 5) is 24.3. The molecule has 0 aromatic heterocycles. The first-order valence-corrected chi connectivity index (χ1v) is 10.3. The molecule has 0 aromatic carbocycles. The summed E-state index contributed by atoms with van der Waals surface area (Å²) in [6, 6.07) is 0. The van der Waals surface area contributed by atoms with E-state index in [-0.39, 0.29) is 25.0 Å². The predicted molar refractivity (Wildman–Crippen MR) is 98.7 cm³/mol. The van der Waals surface area contributed by atoms with Crippen LogP contribution in [0, 0.1) is 28.6 Å². The van der Waals surface area contributed by atoms with E-state index in [0.29, 0.717) is 30.4 Å². The summed E-state index contributed by atoms with van der Waals surface area (Å²) in [6.45, 7) is 2.80. The van der Waals surface area contributed by atoms with E-state index < -0.39 is 52.8 Å². The highest BCUT2D eigenvalue weighted by atomic mass is 19.4. The van der Waals surface area contributed by atoms with Gasteiger partial charge >= 0.3 is 6.18 Å². The van der Waals surface area contributed by atoms with Crippen molar-refractivity contribution in [3.63, 3.8) is 0 Å². The molecule has 0 heterocycles. The second kappa shape index (κ2) is 6.27. The van der Waals surface area contributed by atoms with Gasteiger partial charge in [0.05, 0.1) is 5.92 Å². The molecule has 0 bridgehead atoms. The topological polar surface area (TPSA) is 74.6 Å². The minimum Gasteiger partial charge on any atom is -0.388 e. The van der Waals surface area contributed by atoms with E-state index in [9.17, 15) is 33.0 Å². The number of aliphatic hydroxyl groups is 2. The fourth-order valence-electron chi connectivity index (χ4n) is 6.78. The maximum atomic E-state index is 14.2. The number of halogens is 3. The first-order valence-electron chi connectivity index (χ1n) is 10.3. The van der Waals surface area contributed by atoms with Crippen molar-refractivity contribution in [1.82, 2.24) is 0 Å². The molecule has 4 rings (SSSR count). The summed E-state index contributed by atoms with van der Waals surface area (Å²) in [5.74, 6) is -3.82. The molecule has 6 atom stereocenters. The number of carbonyl (C=O) groups excluding carboxylic acids is 2. The van der Waals surface area contributed by atoms with Crippen molar-refractivity contribution in [2.45, 2.75) is 64.1 Å². The number of hydrogen-bond acceptors (Lipinski definition) is 4. The lowest BCUT2D eigenvalue weighted by Gasteiger charge is -2.57. The molecule has 160 valence electrons. The van der Waals surface area contributed by atoms with E-state index in [1.807, 2.05) is 6.92 Å². The Kier molecular flexibility index (Phi) is 4.49. The quantitative estimate of drug-likeness (QED) is 0.681. The van der Waals surface area contributed by atoms with Crippen molar-refractivity contribution in [3.05, 3.63) is 23.3 Å². The third kappa shape index (κ3) is 2.66. The number of carbonyl (C=O) groups is 2. The largest absolute Gasteiger partial charge is 0.392 e.